The zero-order valence-electron chi connectivity index (χ0n) is 12.7. The predicted octanol–water partition coefficient (Wildman–Crippen LogP) is 3.68. The summed E-state index contributed by atoms with van der Waals surface area (Å²) in [6.45, 7) is 0. The van der Waals surface area contributed by atoms with Crippen LogP contribution in [-0.2, 0) is 0 Å². The highest BCUT2D eigenvalue weighted by Crippen LogP contribution is 2.22. The minimum atomic E-state index is -0.478. The Bertz CT molecular complexity index is 973. The standard InChI is InChI=1S/C15H10N8O2/c16-21-20-15-19-18-14(12-4-2-1-3-5-12)22(15)17-10-11-6-8-13(9-7-11)23(24)25/h1-10H/b17-10+. The van der Waals surface area contributed by atoms with Gasteiger partial charge in [0.25, 0.3) is 5.69 Å². The van der Waals surface area contributed by atoms with Crippen LogP contribution in [0.2, 0.25) is 0 Å². The number of nitro benzene ring substituents is 1. The zero-order chi connectivity index (χ0) is 17.6. The van der Waals surface area contributed by atoms with Crippen molar-refractivity contribution < 1.29 is 4.92 Å². The molecule has 0 unspecified atom stereocenters. The molecule has 1 aromatic heterocycles. The maximum Gasteiger partial charge on any atom is 0.269 e. The van der Waals surface area contributed by atoms with Gasteiger partial charge in [-0.1, -0.05) is 30.3 Å². The fraction of sp³-hybridized carbons (Fsp3) is 0. The summed E-state index contributed by atoms with van der Waals surface area (Å²) in [4.78, 5) is 12.9. The molecule has 25 heavy (non-hydrogen) atoms. The first-order chi connectivity index (χ1) is 12.2. The molecule has 0 amide bonds. The van der Waals surface area contributed by atoms with Crippen molar-refractivity contribution in [1.82, 2.24) is 14.9 Å². The number of hydrogen-bond acceptors (Lipinski definition) is 6. The third kappa shape index (κ3) is 3.49. The van der Waals surface area contributed by atoms with Gasteiger partial charge in [-0.3, -0.25) is 10.1 Å². The van der Waals surface area contributed by atoms with E-state index in [2.05, 4.69) is 25.3 Å². The zero-order valence-corrected chi connectivity index (χ0v) is 12.7. The van der Waals surface area contributed by atoms with Crippen molar-refractivity contribution in [3.63, 3.8) is 0 Å². The Kier molecular flexibility index (Phi) is 4.45. The van der Waals surface area contributed by atoms with Gasteiger partial charge in [0.15, 0.2) is 5.82 Å². The number of nitro groups is 1. The van der Waals surface area contributed by atoms with E-state index < -0.39 is 4.92 Å². The molecule has 3 rings (SSSR count). The lowest BCUT2D eigenvalue weighted by molar-refractivity contribution is -0.384. The fourth-order valence-corrected chi connectivity index (χ4v) is 2.05. The lowest BCUT2D eigenvalue weighted by Crippen LogP contribution is -1.95. The first-order valence-corrected chi connectivity index (χ1v) is 7.04. The third-order valence-corrected chi connectivity index (χ3v) is 3.22. The highest BCUT2D eigenvalue weighted by Gasteiger charge is 2.12. The topological polar surface area (TPSA) is 135 Å². The van der Waals surface area contributed by atoms with Crippen molar-refractivity contribution in [3.05, 3.63) is 80.7 Å². The van der Waals surface area contributed by atoms with E-state index in [1.807, 2.05) is 30.3 Å². The summed E-state index contributed by atoms with van der Waals surface area (Å²) < 4.78 is 1.30. The number of aromatic nitrogens is 3. The summed E-state index contributed by atoms with van der Waals surface area (Å²) >= 11 is 0. The maximum atomic E-state index is 10.7. The molecule has 0 N–H and O–H groups in total. The Morgan fingerprint density at radius 3 is 2.48 bits per heavy atom. The van der Waals surface area contributed by atoms with Gasteiger partial charge in [0.1, 0.15) is 0 Å². The molecule has 0 radical (unpaired) electrons. The van der Waals surface area contributed by atoms with Gasteiger partial charge in [0.05, 0.1) is 11.1 Å². The summed E-state index contributed by atoms with van der Waals surface area (Å²) in [6, 6.07) is 15.0. The molecule has 10 heteroatoms. The van der Waals surface area contributed by atoms with Crippen molar-refractivity contribution in [1.29, 1.82) is 0 Å². The van der Waals surface area contributed by atoms with E-state index >= 15 is 0 Å². The molecule has 0 aliphatic rings. The molecular weight excluding hydrogens is 324 g/mol. The van der Waals surface area contributed by atoms with Crippen LogP contribution in [0.4, 0.5) is 11.6 Å². The van der Waals surface area contributed by atoms with E-state index in [0.29, 0.717) is 11.4 Å². The number of nitrogens with zero attached hydrogens (tertiary/aromatic N) is 8. The van der Waals surface area contributed by atoms with Crippen LogP contribution in [0.15, 0.2) is 64.8 Å². The van der Waals surface area contributed by atoms with Gasteiger partial charge in [-0.2, -0.15) is 9.78 Å². The van der Waals surface area contributed by atoms with Gasteiger partial charge in [0.2, 0.25) is 5.95 Å². The number of rotatable bonds is 5. The molecule has 2 aromatic carbocycles. The smallest absolute Gasteiger partial charge is 0.258 e. The third-order valence-electron chi connectivity index (χ3n) is 3.22. The van der Waals surface area contributed by atoms with Crippen molar-refractivity contribution in [2.24, 2.45) is 10.2 Å². The second-order valence-electron chi connectivity index (χ2n) is 4.78. The second kappa shape index (κ2) is 7.02. The molecule has 0 atom stereocenters. The van der Waals surface area contributed by atoms with E-state index in [-0.39, 0.29) is 11.6 Å². The van der Waals surface area contributed by atoms with Crippen molar-refractivity contribution in [3.8, 4) is 11.4 Å². The summed E-state index contributed by atoms with van der Waals surface area (Å²) in [6.07, 6.45) is 1.47. The van der Waals surface area contributed by atoms with Gasteiger partial charge in [-0.05, 0) is 28.3 Å². The van der Waals surface area contributed by atoms with E-state index in [1.165, 1.54) is 23.0 Å². The van der Waals surface area contributed by atoms with Crippen molar-refractivity contribution in [2.45, 2.75) is 0 Å². The van der Waals surface area contributed by atoms with Crippen LogP contribution in [0.3, 0.4) is 0 Å². The van der Waals surface area contributed by atoms with Crippen LogP contribution < -0.4 is 0 Å². The normalized spacial score (nSPS) is 10.6. The number of azide groups is 1. The lowest BCUT2D eigenvalue weighted by atomic mass is 10.2. The van der Waals surface area contributed by atoms with Gasteiger partial charge < -0.3 is 0 Å². The van der Waals surface area contributed by atoms with E-state index in [9.17, 15) is 10.1 Å². The van der Waals surface area contributed by atoms with Crippen LogP contribution in [0, 0.1) is 10.1 Å². The summed E-state index contributed by atoms with van der Waals surface area (Å²) in [5.41, 5.74) is 10.0. The Morgan fingerprint density at radius 1 is 1.12 bits per heavy atom. The summed E-state index contributed by atoms with van der Waals surface area (Å²) in [7, 11) is 0. The molecule has 10 nitrogen and oxygen atoms in total. The molecule has 0 fully saturated rings. The van der Waals surface area contributed by atoms with Crippen LogP contribution in [-0.4, -0.2) is 26.0 Å². The molecule has 0 saturated carbocycles. The molecular formula is C15H10N8O2. The SMILES string of the molecule is [N-]=[N+]=Nc1nnc(-c2ccccc2)n1/N=C/c1ccc([N+](=O)[O-])cc1. The van der Waals surface area contributed by atoms with E-state index in [1.54, 1.807) is 12.1 Å². The summed E-state index contributed by atoms with van der Waals surface area (Å²) in [5.74, 6) is 0.390. The Labute approximate surface area is 140 Å². The minimum absolute atomic E-state index is 0.0128. The van der Waals surface area contributed by atoms with Crippen molar-refractivity contribution >= 4 is 17.9 Å². The monoisotopic (exact) mass is 334 g/mol. The van der Waals surface area contributed by atoms with Crippen LogP contribution in [0.25, 0.3) is 21.8 Å². The molecule has 3 aromatic rings. The summed E-state index contributed by atoms with van der Waals surface area (Å²) in [5, 5.41) is 26.2. The number of benzene rings is 2. The van der Waals surface area contributed by atoms with Crippen LogP contribution in [0.5, 0.6) is 0 Å². The highest BCUT2D eigenvalue weighted by molar-refractivity contribution is 5.80. The van der Waals surface area contributed by atoms with Gasteiger partial charge in [0, 0.05) is 22.6 Å². The first-order valence-electron chi connectivity index (χ1n) is 7.04. The molecule has 0 aliphatic heterocycles. The van der Waals surface area contributed by atoms with Crippen LogP contribution in [0.1, 0.15) is 5.56 Å². The lowest BCUT2D eigenvalue weighted by Gasteiger charge is -2.02. The van der Waals surface area contributed by atoms with Crippen molar-refractivity contribution in [2.75, 3.05) is 0 Å². The van der Waals surface area contributed by atoms with Gasteiger partial charge >= 0.3 is 0 Å². The Morgan fingerprint density at radius 2 is 1.84 bits per heavy atom. The van der Waals surface area contributed by atoms with Gasteiger partial charge in [-0.25, -0.2) is 0 Å². The fourth-order valence-electron chi connectivity index (χ4n) is 2.05. The van der Waals surface area contributed by atoms with Gasteiger partial charge in [-0.15, -0.1) is 10.2 Å². The molecule has 0 aliphatic carbocycles. The second-order valence-corrected chi connectivity index (χ2v) is 4.78. The number of hydrogen-bond donors (Lipinski definition) is 0. The Hall–Kier alpha value is -4.04. The molecule has 122 valence electrons. The van der Waals surface area contributed by atoms with E-state index in [0.717, 1.165) is 5.56 Å². The molecule has 1 heterocycles. The molecule has 0 saturated heterocycles. The Balaban J connectivity index is 1.99. The highest BCUT2D eigenvalue weighted by atomic mass is 16.6. The van der Waals surface area contributed by atoms with Crippen LogP contribution >= 0.6 is 0 Å². The predicted molar refractivity (Wildman–Crippen MR) is 90.4 cm³/mol. The largest absolute Gasteiger partial charge is 0.269 e. The van der Waals surface area contributed by atoms with E-state index in [4.69, 9.17) is 5.53 Å². The first kappa shape index (κ1) is 15.8. The minimum Gasteiger partial charge on any atom is -0.258 e. The number of non-ortho nitro benzene ring substituents is 1. The average molecular weight is 334 g/mol. The quantitative estimate of drug-likeness (QED) is 0.175. The molecule has 0 bridgehead atoms. The maximum absolute atomic E-state index is 10.7. The average Bonchev–Trinajstić information content (AvgIpc) is 3.04. The molecule has 0 spiro atoms.